The van der Waals surface area contributed by atoms with Crippen LogP contribution in [0.2, 0.25) is 5.02 Å². The molecule has 19 heavy (non-hydrogen) atoms. The highest BCUT2D eigenvalue weighted by Gasteiger charge is 2.28. The molecule has 1 aromatic carbocycles. The summed E-state index contributed by atoms with van der Waals surface area (Å²) in [5.41, 5.74) is 0.488. The third-order valence-corrected chi connectivity index (χ3v) is 3.02. The first-order chi connectivity index (χ1) is 9.02. The third kappa shape index (κ3) is 2.80. The van der Waals surface area contributed by atoms with Gasteiger partial charge in [0.1, 0.15) is 12.3 Å². The molecule has 102 valence electrons. The molecule has 2 rings (SSSR count). The fraction of sp³-hybridized carbons (Fsp3) is 0.333. The number of hydrogen-bond acceptors (Lipinski definition) is 4. The number of hydrogen-bond donors (Lipinski definition) is 0. The molecular formula is C12H13ClN2O4. The number of amides is 2. The normalized spacial score (nSPS) is 13.8. The molecule has 1 aliphatic heterocycles. The van der Waals surface area contributed by atoms with Crippen LogP contribution < -0.4 is 9.64 Å². The minimum Gasteiger partial charge on any atom is -0.482 e. The molecule has 0 saturated heterocycles. The topological polar surface area (TPSA) is 59.1 Å². The quantitative estimate of drug-likeness (QED) is 0.780. The van der Waals surface area contributed by atoms with Crippen molar-refractivity contribution < 1.29 is 19.2 Å². The number of anilines is 1. The second-order valence-corrected chi connectivity index (χ2v) is 4.39. The number of hydroxylamine groups is 2. The van der Waals surface area contributed by atoms with Gasteiger partial charge in [0, 0.05) is 12.1 Å². The van der Waals surface area contributed by atoms with E-state index in [-0.39, 0.29) is 25.0 Å². The Balaban J connectivity index is 2.27. The number of benzene rings is 1. The van der Waals surface area contributed by atoms with Crippen molar-refractivity contribution in [2.24, 2.45) is 0 Å². The van der Waals surface area contributed by atoms with Crippen LogP contribution in [0.15, 0.2) is 18.2 Å². The van der Waals surface area contributed by atoms with Gasteiger partial charge < -0.3 is 4.74 Å². The summed E-state index contributed by atoms with van der Waals surface area (Å²) in [6.45, 7) is -0.224. The van der Waals surface area contributed by atoms with Crippen LogP contribution in [-0.2, 0) is 14.4 Å². The van der Waals surface area contributed by atoms with Crippen LogP contribution in [0, 0.1) is 0 Å². The predicted octanol–water partition coefficient (Wildman–Crippen LogP) is 1.09. The van der Waals surface area contributed by atoms with Crippen LogP contribution in [0.25, 0.3) is 0 Å². The molecule has 1 aliphatic rings. The zero-order valence-corrected chi connectivity index (χ0v) is 11.3. The summed E-state index contributed by atoms with van der Waals surface area (Å²) >= 11 is 5.90. The van der Waals surface area contributed by atoms with Gasteiger partial charge in [-0.2, -0.15) is 0 Å². The van der Waals surface area contributed by atoms with Gasteiger partial charge in [0.2, 0.25) is 0 Å². The van der Waals surface area contributed by atoms with E-state index in [1.807, 2.05) is 0 Å². The lowest BCUT2D eigenvalue weighted by molar-refractivity contribution is -0.167. The molecule has 0 fully saturated rings. The van der Waals surface area contributed by atoms with E-state index in [0.717, 1.165) is 5.06 Å². The van der Waals surface area contributed by atoms with Crippen molar-refractivity contribution in [3.63, 3.8) is 0 Å². The van der Waals surface area contributed by atoms with E-state index in [1.54, 1.807) is 18.2 Å². The van der Waals surface area contributed by atoms with E-state index in [0.29, 0.717) is 16.5 Å². The Morgan fingerprint density at radius 3 is 3.00 bits per heavy atom. The molecule has 0 radical (unpaired) electrons. The predicted molar refractivity (Wildman–Crippen MR) is 69.1 cm³/mol. The maximum atomic E-state index is 11.9. The molecule has 0 saturated carbocycles. The Morgan fingerprint density at radius 2 is 2.32 bits per heavy atom. The number of carbonyl (C=O) groups excluding carboxylic acids is 2. The van der Waals surface area contributed by atoms with Crippen molar-refractivity contribution >= 4 is 29.1 Å². The standard InChI is InChI=1S/C12H13ClN2O4/c1-14(18-2)11(16)6-15-9-5-8(13)3-4-10(9)19-7-12(15)17/h3-5H,6-7H2,1-2H3. The Morgan fingerprint density at radius 1 is 1.58 bits per heavy atom. The van der Waals surface area contributed by atoms with Gasteiger partial charge in [-0.15, -0.1) is 0 Å². The van der Waals surface area contributed by atoms with Gasteiger partial charge in [-0.25, -0.2) is 5.06 Å². The number of carbonyl (C=O) groups is 2. The van der Waals surface area contributed by atoms with Crippen LogP contribution in [0.4, 0.5) is 5.69 Å². The average Bonchev–Trinajstić information content (AvgIpc) is 2.41. The molecule has 7 heteroatoms. The van der Waals surface area contributed by atoms with Gasteiger partial charge in [-0.05, 0) is 18.2 Å². The summed E-state index contributed by atoms with van der Waals surface area (Å²) < 4.78 is 5.28. The molecule has 0 bridgehead atoms. The summed E-state index contributed by atoms with van der Waals surface area (Å²) in [5, 5.41) is 1.53. The number of fused-ring (bicyclic) bond motifs is 1. The summed E-state index contributed by atoms with van der Waals surface area (Å²) in [5.74, 6) is -0.117. The van der Waals surface area contributed by atoms with E-state index >= 15 is 0 Å². The first kappa shape index (κ1) is 13.6. The highest BCUT2D eigenvalue weighted by molar-refractivity contribution is 6.31. The third-order valence-electron chi connectivity index (χ3n) is 2.78. The first-order valence-corrected chi connectivity index (χ1v) is 5.94. The van der Waals surface area contributed by atoms with Crippen molar-refractivity contribution in [2.45, 2.75) is 0 Å². The average molecular weight is 285 g/mol. The smallest absolute Gasteiger partial charge is 0.265 e. The van der Waals surface area contributed by atoms with Gasteiger partial charge in [0.05, 0.1) is 12.8 Å². The number of ether oxygens (including phenoxy) is 1. The zero-order valence-electron chi connectivity index (χ0n) is 10.6. The van der Waals surface area contributed by atoms with E-state index in [2.05, 4.69) is 0 Å². The fourth-order valence-corrected chi connectivity index (χ4v) is 1.85. The van der Waals surface area contributed by atoms with Crippen LogP contribution >= 0.6 is 11.6 Å². The second-order valence-electron chi connectivity index (χ2n) is 3.95. The van der Waals surface area contributed by atoms with Gasteiger partial charge in [-0.1, -0.05) is 11.6 Å². The molecule has 1 aromatic rings. The molecule has 0 unspecified atom stereocenters. The van der Waals surface area contributed by atoms with E-state index in [1.165, 1.54) is 19.1 Å². The summed E-state index contributed by atoms with van der Waals surface area (Å²) in [4.78, 5) is 29.8. The number of nitrogens with zero attached hydrogens (tertiary/aromatic N) is 2. The van der Waals surface area contributed by atoms with Crippen molar-refractivity contribution in [1.29, 1.82) is 0 Å². The molecule has 1 heterocycles. The van der Waals surface area contributed by atoms with Crippen LogP contribution in [0.1, 0.15) is 0 Å². The lowest BCUT2D eigenvalue weighted by Crippen LogP contribution is -2.45. The van der Waals surface area contributed by atoms with E-state index < -0.39 is 0 Å². The van der Waals surface area contributed by atoms with Gasteiger partial charge in [0.25, 0.3) is 11.8 Å². The van der Waals surface area contributed by atoms with Gasteiger partial charge in [0.15, 0.2) is 6.61 Å². The first-order valence-electron chi connectivity index (χ1n) is 5.56. The van der Waals surface area contributed by atoms with Crippen molar-refractivity contribution in [3.05, 3.63) is 23.2 Å². The maximum Gasteiger partial charge on any atom is 0.265 e. The monoisotopic (exact) mass is 284 g/mol. The molecular weight excluding hydrogens is 272 g/mol. The largest absolute Gasteiger partial charge is 0.482 e. The van der Waals surface area contributed by atoms with Gasteiger partial charge in [-0.3, -0.25) is 19.3 Å². The lowest BCUT2D eigenvalue weighted by atomic mass is 10.2. The Hall–Kier alpha value is -1.79. The maximum absolute atomic E-state index is 11.9. The lowest BCUT2D eigenvalue weighted by Gasteiger charge is -2.29. The minimum atomic E-state index is -0.344. The van der Waals surface area contributed by atoms with Crippen LogP contribution in [-0.4, -0.2) is 44.2 Å². The molecule has 0 aromatic heterocycles. The molecule has 0 atom stereocenters. The Bertz CT molecular complexity index is 520. The SMILES string of the molecule is CON(C)C(=O)CN1C(=O)COc2ccc(Cl)cc21. The molecule has 0 spiro atoms. The zero-order chi connectivity index (χ0) is 14.0. The molecule has 2 amide bonds. The summed E-state index contributed by atoms with van der Waals surface area (Å²) in [6.07, 6.45) is 0. The van der Waals surface area contributed by atoms with Crippen molar-refractivity contribution in [3.8, 4) is 5.75 Å². The Labute approximate surface area is 115 Å². The van der Waals surface area contributed by atoms with E-state index in [4.69, 9.17) is 21.2 Å². The highest BCUT2D eigenvalue weighted by Crippen LogP contribution is 2.34. The number of rotatable bonds is 3. The van der Waals surface area contributed by atoms with Crippen molar-refractivity contribution in [2.75, 3.05) is 32.2 Å². The van der Waals surface area contributed by atoms with Crippen LogP contribution in [0.3, 0.4) is 0 Å². The second kappa shape index (κ2) is 5.46. The summed E-state index contributed by atoms with van der Waals surface area (Å²) in [6, 6.07) is 4.92. The van der Waals surface area contributed by atoms with Gasteiger partial charge >= 0.3 is 0 Å². The van der Waals surface area contributed by atoms with Crippen LogP contribution in [0.5, 0.6) is 5.75 Å². The Kier molecular flexibility index (Phi) is 3.92. The summed E-state index contributed by atoms with van der Waals surface area (Å²) in [7, 11) is 2.86. The highest BCUT2D eigenvalue weighted by atomic mass is 35.5. The van der Waals surface area contributed by atoms with Crippen molar-refractivity contribution in [1.82, 2.24) is 5.06 Å². The molecule has 0 N–H and O–H groups in total. The van der Waals surface area contributed by atoms with E-state index in [9.17, 15) is 9.59 Å². The minimum absolute atomic E-state index is 0.0986. The number of likely N-dealkylation sites (N-methyl/N-ethyl adjacent to an activating group) is 1. The fourth-order valence-electron chi connectivity index (χ4n) is 1.69. The molecule has 0 aliphatic carbocycles. The number of halogens is 1. The molecule has 6 nitrogen and oxygen atoms in total.